The predicted octanol–water partition coefficient (Wildman–Crippen LogP) is 4.37. The van der Waals surface area contributed by atoms with Crippen LogP contribution in [0.1, 0.15) is 5.56 Å². The van der Waals surface area contributed by atoms with Crippen LogP contribution in [0.15, 0.2) is 51.7 Å². The third-order valence-electron chi connectivity index (χ3n) is 3.25. The molecule has 7 heteroatoms. The number of hydrogen-bond acceptors (Lipinski definition) is 2. The minimum Gasteiger partial charge on any atom is -0.267 e. The van der Waals surface area contributed by atoms with E-state index in [1.807, 2.05) is 0 Å². The topological polar surface area (TPSA) is 45.8 Å². The Hall–Kier alpha value is -2.15. The molecular formula is C15H8BrF3N2O. The first-order valence-corrected chi connectivity index (χ1v) is 7.02. The second kappa shape index (κ2) is 5.24. The minimum atomic E-state index is -4.51. The highest BCUT2D eigenvalue weighted by Gasteiger charge is 2.34. The van der Waals surface area contributed by atoms with Crippen molar-refractivity contribution in [1.29, 1.82) is 0 Å². The standard InChI is InChI=1S/C15H8BrF3N2O/c16-11-7-3-5-9-12(11)14(22)21-20-13(9)8-4-1-2-6-10(8)15(17,18)19/h1-7H,(H,21,22). The van der Waals surface area contributed by atoms with E-state index in [9.17, 15) is 18.0 Å². The fraction of sp³-hybridized carbons (Fsp3) is 0.0667. The van der Waals surface area contributed by atoms with Gasteiger partial charge in [-0.1, -0.05) is 30.3 Å². The zero-order valence-corrected chi connectivity index (χ0v) is 12.5. The van der Waals surface area contributed by atoms with Gasteiger partial charge in [0.1, 0.15) is 0 Å². The van der Waals surface area contributed by atoms with Crippen LogP contribution >= 0.6 is 15.9 Å². The molecule has 0 unspecified atom stereocenters. The summed E-state index contributed by atoms with van der Waals surface area (Å²) in [7, 11) is 0. The quantitative estimate of drug-likeness (QED) is 0.693. The second-order valence-electron chi connectivity index (χ2n) is 4.61. The molecule has 0 saturated carbocycles. The zero-order chi connectivity index (χ0) is 15.9. The Balaban J connectivity index is 2.41. The molecule has 22 heavy (non-hydrogen) atoms. The number of aromatic nitrogens is 2. The molecule has 2 aromatic carbocycles. The molecule has 0 atom stereocenters. The zero-order valence-electron chi connectivity index (χ0n) is 10.9. The first-order valence-electron chi connectivity index (χ1n) is 6.23. The Morgan fingerprint density at radius 1 is 1.05 bits per heavy atom. The first-order chi connectivity index (χ1) is 10.4. The molecule has 0 aliphatic carbocycles. The van der Waals surface area contributed by atoms with Gasteiger partial charge in [0, 0.05) is 15.4 Å². The molecule has 0 aliphatic heterocycles. The van der Waals surface area contributed by atoms with Crippen molar-refractivity contribution in [2.45, 2.75) is 6.18 Å². The van der Waals surface area contributed by atoms with Gasteiger partial charge in [0.2, 0.25) is 0 Å². The molecule has 112 valence electrons. The van der Waals surface area contributed by atoms with Gasteiger partial charge in [-0.15, -0.1) is 0 Å². The summed E-state index contributed by atoms with van der Waals surface area (Å²) in [6.07, 6.45) is -4.51. The Morgan fingerprint density at radius 2 is 1.77 bits per heavy atom. The fourth-order valence-electron chi connectivity index (χ4n) is 2.32. The number of nitrogens with zero attached hydrogens (tertiary/aromatic N) is 1. The number of nitrogens with one attached hydrogen (secondary N) is 1. The van der Waals surface area contributed by atoms with Crippen LogP contribution < -0.4 is 5.56 Å². The van der Waals surface area contributed by atoms with Crippen LogP contribution in [-0.4, -0.2) is 10.2 Å². The maximum absolute atomic E-state index is 13.2. The monoisotopic (exact) mass is 368 g/mol. The Kier molecular flexibility index (Phi) is 3.52. The summed E-state index contributed by atoms with van der Waals surface area (Å²) in [5, 5.41) is 6.72. The van der Waals surface area contributed by atoms with E-state index < -0.39 is 17.3 Å². The van der Waals surface area contributed by atoms with E-state index >= 15 is 0 Å². The average molecular weight is 369 g/mol. The van der Waals surface area contributed by atoms with Crippen LogP contribution in [0.3, 0.4) is 0 Å². The number of fused-ring (bicyclic) bond motifs is 1. The molecule has 1 aromatic heterocycles. The highest BCUT2D eigenvalue weighted by atomic mass is 79.9. The van der Waals surface area contributed by atoms with Crippen molar-refractivity contribution >= 4 is 26.7 Å². The predicted molar refractivity (Wildman–Crippen MR) is 80.5 cm³/mol. The van der Waals surface area contributed by atoms with Gasteiger partial charge in [0.25, 0.3) is 5.56 Å². The van der Waals surface area contributed by atoms with E-state index in [0.717, 1.165) is 6.07 Å². The second-order valence-corrected chi connectivity index (χ2v) is 5.46. The Morgan fingerprint density at radius 3 is 2.50 bits per heavy atom. The molecule has 0 radical (unpaired) electrons. The van der Waals surface area contributed by atoms with Crippen LogP contribution in [-0.2, 0) is 6.18 Å². The number of alkyl halides is 3. The normalized spacial score (nSPS) is 11.8. The number of aromatic amines is 1. The number of rotatable bonds is 1. The summed E-state index contributed by atoms with van der Waals surface area (Å²) in [5.74, 6) is 0. The van der Waals surface area contributed by atoms with Crippen LogP contribution in [0.5, 0.6) is 0 Å². The number of benzene rings is 2. The van der Waals surface area contributed by atoms with Crippen molar-refractivity contribution in [2.24, 2.45) is 0 Å². The number of H-pyrrole nitrogens is 1. The smallest absolute Gasteiger partial charge is 0.267 e. The molecule has 0 aliphatic rings. The van der Waals surface area contributed by atoms with Crippen molar-refractivity contribution in [3.8, 4) is 11.3 Å². The number of hydrogen-bond donors (Lipinski definition) is 1. The van der Waals surface area contributed by atoms with Gasteiger partial charge in [0.05, 0.1) is 16.6 Å². The van der Waals surface area contributed by atoms with Gasteiger partial charge in [-0.05, 0) is 28.1 Å². The van der Waals surface area contributed by atoms with E-state index in [4.69, 9.17) is 0 Å². The fourth-order valence-corrected chi connectivity index (χ4v) is 2.86. The van der Waals surface area contributed by atoms with Gasteiger partial charge in [0.15, 0.2) is 0 Å². The van der Waals surface area contributed by atoms with E-state index in [1.165, 1.54) is 18.2 Å². The summed E-state index contributed by atoms with van der Waals surface area (Å²) in [4.78, 5) is 11.9. The van der Waals surface area contributed by atoms with Gasteiger partial charge < -0.3 is 0 Å². The molecule has 1 heterocycles. The molecule has 0 saturated heterocycles. The van der Waals surface area contributed by atoms with Crippen LogP contribution in [0, 0.1) is 0 Å². The largest absolute Gasteiger partial charge is 0.417 e. The lowest BCUT2D eigenvalue weighted by atomic mass is 10.00. The SMILES string of the molecule is O=c1[nH]nc(-c2ccccc2C(F)(F)F)c2cccc(Br)c12. The van der Waals surface area contributed by atoms with Crippen molar-refractivity contribution in [3.63, 3.8) is 0 Å². The Labute approximate surface area is 130 Å². The van der Waals surface area contributed by atoms with Gasteiger partial charge in [-0.2, -0.15) is 18.3 Å². The lowest BCUT2D eigenvalue weighted by molar-refractivity contribution is -0.137. The molecular weight excluding hydrogens is 361 g/mol. The van der Waals surface area contributed by atoms with Crippen molar-refractivity contribution in [3.05, 3.63) is 62.9 Å². The van der Waals surface area contributed by atoms with E-state index in [0.29, 0.717) is 9.86 Å². The summed E-state index contributed by atoms with van der Waals surface area (Å²) < 4.78 is 40.1. The Bertz CT molecular complexity index is 919. The van der Waals surface area contributed by atoms with Crippen LogP contribution in [0.4, 0.5) is 13.2 Å². The van der Waals surface area contributed by atoms with E-state index in [1.54, 1.807) is 18.2 Å². The molecule has 3 rings (SSSR count). The summed E-state index contributed by atoms with van der Waals surface area (Å²) in [6.45, 7) is 0. The molecule has 0 bridgehead atoms. The maximum atomic E-state index is 13.2. The first kappa shape index (κ1) is 14.8. The highest BCUT2D eigenvalue weighted by Crippen LogP contribution is 2.38. The lowest BCUT2D eigenvalue weighted by Crippen LogP contribution is -2.12. The third kappa shape index (κ3) is 2.41. The van der Waals surface area contributed by atoms with Crippen LogP contribution in [0.2, 0.25) is 0 Å². The van der Waals surface area contributed by atoms with Crippen molar-refractivity contribution in [1.82, 2.24) is 10.2 Å². The van der Waals surface area contributed by atoms with Gasteiger partial charge in [-0.3, -0.25) is 4.79 Å². The highest BCUT2D eigenvalue weighted by molar-refractivity contribution is 9.10. The molecule has 3 nitrogen and oxygen atoms in total. The lowest BCUT2D eigenvalue weighted by Gasteiger charge is -2.13. The molecule has 0 amide bonds. The summed E-state index contributed by atoms with van der Waals surface area (Å²) >= 11 is 3.24. The van der Waals surface area contributed by atoms with Crippen molar-refractivity contribution < 1.29 is 13.2 Å². The van der Waals surface area contributed by atoms with E-state index in [2.05, 4.69) is 26.1 Å². The molecule has 3 aromatic rings. The average Bonchev–Trinajstić information content (AvgIpc) is 2.47. The minimum absolute atomic E-state index is 0.0747. The molecule has 0 fully saturated rings. The summed E-state index contributed by atoms with van der Waals surface area (Å²) in [5.41, 5.74) is -1.25. The van der Waals surface area contributed by atoms with Gasteiger partial charge >= 0.3 is 6.18 Å². The van der Waals surface area contributed by atoms with Gasteiger partial charge in [-0.25, -0.2) is 5.10 Å². The molecule has 1 N–H and O–H groups in total. The van der Waals surface area contributed by atoms with Crippen molar-refractivity contribution in [2.75, 3.05) is 0 Å². The van der Waals surface area contributed by atoms with Crippen LogP contribution in [0.25, 0.3) is 22.0 Å². The van der Waals surface area contributed by atoms with E-state index in [-0.39, 0.29) is 16.6 Å². The summed E-state index contributed by atoms with van der Waals surface area (Å²) in [6, 6.07) is 10.0. The third-order valence-corrected chi connectivity index (χ3v) is 3.91. The molecule has 0 spiro atoms. The maximum Gasteiger partial charge on any atom is 0.417 e. The number of halogens is 4.